The molecule has 5 rings (SSSR count). The smallest absolute Gasteiger partial charge is 0.146 e. The summed E-state index contributed by atoms with van der Waals surface area (Å²) in [4.78, 5) is 9.50. The molecule has 3 aromatic rings. The third-order valence-electron chi connectivity index (χ3n) is 6.51. The predicted octanol–water partition coefficient (Wildman–Crippen LogP) is 3.34. The number of aromatic nitrogens is 4. The molecule has 4 heterocycles. The maximum Gasteiger partial charge on any atom is 0.146 e. The van der Waals surface area contributed by atoms with E-state index < -0.39 is 0 Å². The van der Waals surface area contributed by atoms with E-state index in [1.54, 1.807) is 0 Å². The number of benzene rings is 1. The van der Waals surface area contributed by atoms with Crippen LogP contribution in [0.5, 0.6) is 0 Å². The van der Waals surface area contributed by atoms with Crippen LogP contribution in [-0.2, 0) is 20.1 Å². The molecule has 2 saturated heterocycles. The van der Waals surface area contributed by atoms with Crippen LogP contribution in [0.3, 0.4) is 0 Å². The van der Waals surface area contributed by atoms with Gasteiger partial charge in [-0.1, -0.05) is 12.1 Å². The van der Waals surface area contributed by atoms with Crippen molar-refractivity contribution in [2.75, 3.05) is 26.2 Å². The van der Waals surface area contributed by atoms with Gasteiger partial charge in [0.25, 0.3) is 0 Å². The summed E-state index contributed by atoms with van der Waals surface area (Å²) in [5.74, 6) is 2.74. The highest BCUT2D eigenvalue weighted by Gasteiger charge is 2.26. The summed E-state index contributed by atoms with van der Waals surface area (Å²) >= 11 is 0. The van der Waals surface area contributed by atoms with Crippen molar-refractivity contribution in [3.8, 4) is 0 Å². The van der Waals surface area contributed by atoms with Crippen LogP contribution in [0.15, 0.2) is 36.5 Å². The minimum atomic E-state index is 0.468. The highest BCUT2D eigenvalue weighted by atomic mass is 15.3. The summed E-state index contributed by atoms with van der Waals surface area (Å²) in [6.45, 7) is 6.52. The van der Waals surface area contributed by atoms with Gasteiger partial charge in [0.1, 0.15) is 11.6 Å². The number of nitrogens with zero attached hydrogens (tertiary/aromatic N) is 6. The molecule has 0 bridgehead atoms. The Morgan fingerprint density at radius 1 is 0.966 bits per heavy atom. The van der Waals surface area contributed by atoms with Crippen molar-refractivity contribution < 1.29 is 0 Å². The summed E-state index contributed by atoms with van der Waals surface area (Å²) in [6, 6.07) is 10.8. The fraction of sp³-hybridized carbons (Fsp3) is 0.522. The molecule has 2 aliphatic heterocycles. The van der Waals surface area contributed by atoms with Gasteiger partial charge in [-0.2, -0.15) is 0 Å². The Kier molecular flexibility index (Phi) is 5.29. The van der Waals surface area contributed by atoms with E-state index >= 15 is 0 Å². The van der Waals surface area contributed by atoms with Gasteiger partial charge in [0.2, 0.25) is 0 Å². The van der Waals surface area contributed by atoms with Crippen LogP contribution in [0.1, 0.15) is 48.8 Å². The highest BCUT2D eigenvalue weighted by Crippen LogP contribution is 2.27. The molecule has 0 N–H and O–H groups in total. The first kappa shape index (κ1) is 18.7. The molecule has 152 valence electrons. The number of pyridine rings is 1. The lowest BCUT2D eigenvalue weighted by Gasteiger charge is -2.32. The molecule has 1 aromatic carbocycles. The highest BCUT2D eigenvalue weighted by molar-refractivity contribution is 5.78. The summed E-state index contributed by atoms with van der Waals surface area (Å²) in [7, 11) is 2.15. The molecule has 0 amide bonds. The second-order valence-electron chi connectivity index (χ2n) is 8.62. The first-order valence-corrected chi connectivity index (χ1v) is 10.9. The van der Waals surface area contributed by atoms with Crippen molar-refractivity contribution in [3.63, 3.8) is 0 Å². The molecule has 2 fully saturated rings. The maximum absolute atomic E-state index is 4.62. The van der Waals surface area contributed by atoms with E-state index in [2.05, 4.69) is 60.9 Å². The van der Waals surface area contributed by atoms with Gasteiger partial charge in [0.15, 0.2) is 0 Å². The van der Waals surface area contributed by atoms with Crippen LogP contribution in [0.25, 0.3) is 10.9 Å². The van der Waals surface area contributed by atoms with Crippen molar-refractivity contribution in [2.24, 2.45) is 7.05 Å². The normalized spacial score (nSPS) is 21.2. The Bertz CT molecular complexity index is 974. The number of likely N-dealkylation sites (tertiary alicyclic amines) is 2. The zero-order valence-electron chi connectivity index (χ0n) is 17.3. The molecule has 0 radical (unpaired) electrons. The third-order valence-corrected chi connectivity index (χ3v) is 6.51. The minimum Gasteiger partial charge on any atom is -0.317 e. The Morgan fingerprint density at radius 3 is 2.72 bits per heavy atom. The Labute approximate surface area is 172 Å². The average molecular weight is 391 g/mol. The number of piperidine rings is 1. The van der Waals surface area contributed by atoms with Crippen LogP contribution in [-0.4, -0.2) is 55.7 Å². The quantitative estimate of drug-likeness (QED) is 0.669. The van der Waals surface area contributed by atoms with Crippen LogP contribution < -0.4 is 0 Å². The zero-order valence-corrected chi connectivity index (χ0v) is 17.3. The van der Waals surface area contributed by atoms with Crippen molar-refractivity contribution in [3.05, 3.63) is 53.7 Å². The second-order valence-corrected chi connectivity index (χ2v) is 8.62. The number of hydrogen-bond donors (Lipinski definition) is 0. The molecule has 0 aliphatic carbocycles. The van der Waals surface area contributed by atoms with E-state index in [1.165, 1.54) is 49.7 Å². The van der Waals surface area contributed by atoms with Gasteiger partial charge in [-0.15, -0.1) is 10.2 Å². The number of fused-ring (bicyclic) bond motifs is 1. The first-order valence-electron chi connectivity index (χ1n) is 10.9. The zero-order chi connectivity index (χ0) is 19.6. The molecule has 1 atom stereocenters. The molecule has 29 heavy (non-hydrogen) atoms. The van der Waals surface area contributed by atoms with Crippen LogP contribution in [0.4, 0.5) is 0 Å². The molecule has 6 heteroatoms. The number of hydrogen-bond acceptors (Lipinski definition) is 5. The molecule has 2 aromatic heterocycles. The Morgan fingerprint density at radius 2 is 1.83 bits per heavy atom. The van der Waals surface area contributed by atoms with E-state index in [4.69, 9.17) is 0 Å². The van der Waals surface area contributed by atoms with Crippen LogP contribution in [0.2, 0.25) is 0 Å². The molecule has 0 spiro atoms. The van der Waals surface area contributed by atoms with Crippen molar-refractivity contribution in [1.82, 2.24) is 29.5 Å². The topological polar surface area (TPSA) is 50.1 Å². The van der Waals surface area contributed by atoms with Gasteiger partial charge in [0, 0.05) is 37.6 Å². The molecule has 2 aliphatic rings. The average Bonchev–Trinajstić information content (AvgIpc) is 3.39. The van der Waals surface area contributed by atoms with Gasteiger partial charge in [-0.3, -0.25) is 14.8 Å². The number of rotatable bonds is 5. The third kappa shape index (κ3) is 4.05. The molecule has 0 unspecified atom stereocenters. The van der Waals surface area contributed by atoms with Gasteiger partial charge in [-0.25, -0.2) is 0 Å². The fourth-order valence-electron chi connectivity index (χ4n) is 4.90. The van der Waals surface area contributed by atoms with Crippen LogP contribution in [0, 0.1) is 0 Å². The second kappa shape index (κ2) is 8.20. The Hall–Kier alpha value is -2.31. The molecule has 0 saturated carbocycles. The van der Waals surface area contributed by atoms with Crippen molar-refractivity contribution in [1.29, 1.82) is 0 Å². The maximum atomic E-state index is 4.62. The van der Waals surface area contributed by atoms with E-state index in [-0.39, 0.29) is 0 Å². The molecular formula is C23H30N6. The predicted molar refractivity (Wildman–Crippen MR) is 115 cm³/mol. The van der Waals surface area contributed by atoms with Gasteiger partial charge in [-0.05, 0) is 69.1 Å². The summed E-state index contributed by atoms with van der Waals surface area (Å²) in [6.07, 6.45) is 6.90. The Balaban J connectivity index is 1.27. The van der Waals surface area contributed by atoms with Crippen molar-refractivity contribution >= 4 is 10.9 Å². The van der Waals surface area contributed by atoms with Gasteiger partial charge < -0.3 is 4.57 Å². The van der Waals surface area contributed by atoms with Crippen LogP contribution >= 0.6 is 0 Å². The summed E-state index contributed by atoms with van der Waals surface area (Å²) in [5, 5.41) is 10.4. The van der Waals surface area contributed by atoms with Gasteiger partial charge >= 0.3 is 0 Å². The van der Waals surface area contributed by atoms with E-state index in [1.807, 2.05) is 12.3 Å². The summed E-state index contributed by atoms with van der Waals surface area (Å²) < 4.78 is 2.26. The molecule has 6 nitrogen and oxygen atoms in total. The minimum absolute atomic E-state index is 0.468. The van der Waals surface area contributed by atoms with Gasteiger partial charge in [0.05, 0.1) is 12.1 Å². The van der Waals surface area contributed by atoms with Crippen molar-refractivity contribution in [2.45, 2.75) is 44.7 Å². The standard InChI is InChI=1S/C23H30N6/c1-27-22(17-28-11-2-3-12-28)25-26-23(27)20-7-5-13-29(16-20)15-18-8-9-21-19(14-18)6-4-10-24-21/h4,6,8-10,14,20H,2-3,5,7,11-13,15-17H2,1H3/t20-/m0/s1. The lowest BCUT2D eigenvalue weighted by molar-refractivity contribution is 0.195. The molecular weight excluding hydrogens is 360 g/mol. The summed E-state index contributed by atoms with van der Waals surface area (Å²) in [5.41, 5.74) is 2.43. The fourth-order valence-corrected chi connectivity index (χ4v) is 4.90. The van der Waals surface area contributed by atoms with E-state index in [0.717, 1.165) is 43.3 Å². The van der Waals surface area contributed by atoms with E-state index in [9.17, 15) is 0 Å². The monoisotopic (exact) mass is 390 g/mol. The van der Waals surface area contributed by atoms with E-state index in [0.29, 0.717) is 5.92 Å². The lowest BCUT2D eigenvalue weighted by Crippen LogP contribution is -2.35. The lowest BCUT2D eigenvalue weighted by atomic mass is 9.96. The first-order chi connectivity index (χ1) is 14.3. The largest absolute Gasteiger partial charge is 0.317 e. The SMILES string of the molecule is Cn1c(CN2CCCC2)nnc1[C@H]1CCCN(Cc2ccc3ncccc3c2)C1.